The van der Waals surface area contributed by atoms with Crippen molar-refractivity contribution in [3.05, 3.63) is 42.0 Å². The molecule has 0 saturated carbocycles. The highest BCUT2D eigenvalue weighted by Crippen LogP contribution is 2.43. The average molecular weight is 349 g/mol. The highest BCUT2D eigenvalue weighted by atomic mass is 32.2. The van der Waals surface area contributed by atoms with Crippen LogP contribution in [0.15, 0.2) is 41.3 Å². The molecule has 134 valence electrons. The lowest BCUT2D eigenvalue weighted by molar-refractivity contribution is -0.111. The van der Waals surface area contributed by atoms with Crippen molar-refractivity contribution in [3.63, 3.8) is 0 Å². The van der Waals surface area contributed by atoms with Crippen molar-refractivity contribution in [2.75, 3.05) is 13.7 Å². The molecule has 0 aliphatic carbocycles. The Labute approximate surface area is 152 Å². The van der Waals surface area contributed by atoms with Crippen LogP contribution in [0.1, 0.15) is 45.6 Å². The molecule has 0 radical (unpaired) electrons. The van der Waals surface area contributed by atoms with Gasteiger partial charge < -0.3 is 9.47 Å². The van der Waals surface area contributed by atoms with E-state index < -0.39 is 0 Å². The zero-order valence-electron chi connectivity index (χ0n) is 15.8. The van der Waals surface area contributed by atoms with Crippen LogP contribution in [0.3, 0.4) is 0 Å². The van der Waals surface area contributed by atoms with Gasteiger partial charge in [0.15, 0.2) is 0 Å². The molecule has 1 heterocycles. The van der Waals surface area contributed by atoms with E-state index in [-0.39, 0.29) is 17.6 Å². The van der Waals surface area contributed by atoms with Gasteiger partial charge in [0.2, 0.25) is 0 Å². The van der Waals surface area contributed by atoms with E-state index in [1.54, 1.807) is 7.11 Å². The smallest absolute Gasteiger partial charge is 0.0772 e. The van der Waals surface area contributed by atoms with E-state index in [1.807, 2.05) is 11.8 Å². The quantitative estimate of drug-likeness (QED) is 0.594. The molecule has 0 bridgehead atoms. The number of ether oxygens (including phenoxy) is 2. The van der Waals surface area contributed by atoms with Crippen molar-refractivity contribution in [2.24, 2.45) is 5.41 Å². The number of rotatable bonds is 7. The molecule has 2 rings (SSSR count). The van der Waals surface area contributed by atoms with Crippen LogP contribution < -0.4 is 0 Å². The number of hydrogen-bond acceptors (Lipinski definition) is 3. The lowest BCUT2D eigenvalue weighted by atomic mass is 9.75. The van der Waals surface area contributed by atoms with E-state index in [0.29, 0.717) is 5.25 Å². The minimum absolute atomic E-state index is 0.0590. The van der Waals surface area contributed by atoms with Crippen LogP contribution in [0.4, 0.5) is 0 Å². The van der Waals surface area contributed by atoms with Crippen molar-refractivity contribution in [1.82, 2.24) is 0 Å². The predicted octanol–water partition coefficient (Wildman–Crippen LogP) is 5.64. The summed E-state index contributed by atoms with van der Waals surface area (Å²) in [7, 11) is 1.81. The van der Waals surface area contributed by atoms with Gasteiger partial charge in [0.25, 0.3) is 0 Å². The second-order valence-electron chi connectivity index (χ2n) is 7.61. The molecule has 1 aliphatic rings. The molecule has 2 nitrogen and oxygen atoms in total. The Morgan fingerprint density at radius 3 is 2.62 bits per heavy atom. The Bertz CT molecular complexity index is 535. The molecule has 0 aromatic heterocycles. The van der Waals surface area contributed by atoms with Gasteiger partial charge >= 0.3 is 0 Å². The number of thioether (sulfide) groups is 1. The van der Waals surface area contributed by atoms with E-state index in [2.05, 4.69) is 58.5 Å². The van der Waals surface area contributed by atoms with Crippen LogP contribution in [0, 0.1) is 12.3 Å². The van der Waals surface area contributed by atoms with E-state index in [4.69, 9.17) is 9.47 Å². The van der Waals surface area contributed by atoms with Crippen LogP contribution in [0.5, 0.6) is 0 Å². The van der Waals surface area contributed by atoms with Crippen LogP contribution in [0.25, 0.3) is 0 Å². The summed E-state index contributed by atoms with van der Waals surface area (Å²) >= 11 is 1.95. The van der Waals surface area contributed by atoms with Crippen molar-refractivity contribution < 1.29 is 9.47 Å². The Balaban J connectivity index is 2.17. The molecule has 1 aromatic rings. The molecule has 3 atom stereocenters. The third-order valence-corrected chi connectivity index (χ3v) is 6.29. The number of benzene rings is 1. The van der Waals surface area contributed by atoms with Crippen molar-refractivity contribution in [2.45, 2.75) is 69.3 Å². The number of methoxy groups -OCH3 is 1. The Kier molecular flexibility index (Phi) is 6.97. The van der Waals surface area contributed by atoms with E-state index >= 15 is 0 Å². The van der Waals surface area contributed by atoms with Crippen LogP contribution in [0.2, 0.25) is 0 Å². The van der Waals surface area contributed by atoms with Gasteiger partial charge in [0.05, 0.1) is 12.2 Å². The molecule has 3 heteroatoms. The first-order chi connectivity index (χ1) is 11.3. The summed E-state index contributed by atoms with van der Waals surface area (Å²) in [6.45, 7) is 13.7. The summed E-state index contributed by atoms with van der Waals surface area (Å²) in [5.41, 5.74) is 2.40. The standard InChI is InChI=1S/C21H32O2S/c1-15(2)14-19(22-6)21(4,5)20-18(8-7-13-23-20)24-17-11-9-16(3)10-12-17/h9-12,18-20H,1,7-8,13-14H2,2-6H3/t18-,19-,20-/m0/s1. The highest BCUT2D eigenvalue weighted by Gasteiger charge is 2.44. The second kappa shape index (κ2) is 8.55. The van der Waals surface area contributed by atoms with Gasteiger partial charge in [0.1, 0.15) is 0 Å². The van der Waals surface area contributed by atoms with E-state index in [1.165, 1.54) is 16.9 Å². The molecular formula is C21H32O2S. The largest absolute Gasteiger partial charge is 0.380 e. The third-order valence-electron chi connectivity index (χ3n) is 4.96. The first-order valence-corrected chi connectivity index (χ1v) is 9.74. The van der Waals surface area contributed by atoms with Gasteiger partial charge in [0, 0.05) is 29.3 Å². The van der Waals surface area contributed by atoms with Crippen LogP contribution in [-0.2, 0) is 9.47 Å². The van der Waals surface area contributed by atoms with Crippen molar-refractivity contribution in [3.8, 4) is 0 Å². The number of hydrogen-bond donors (Lipinski definition) is 0. The molecule has 1 fully saturated rings. The maximum atomic E-state index is 6.29. The molecule has 24 heavy (non-hydrogen) atoms. The summed E-state index contributed by atoms with van der Waals surface area (Å²) in [5.74, 6) is 0. The van der Waals surface area contributed by atoms with Gasteiger partial charge in [-0.3, -0.25) is 0 Å². The highest BCUT2D eigenvalue weighted by molar-refractivity contribution is 8.00. The van der Waals surface area contributed by atoms with Gasteiger partial charge in [-0.05, 0) is 45.2 Å². The van der Waals surface area contributed by atoms with E-state index in [9.17, 15) is 0 Å². The molecule has 0 amide bonds. The zero-order valence-corrected chi connectivity index (χ0v) is 16.6. The van der Waals surface area contributed by atoms with Gasteiger partial charge in [-0.2, -0.15) is 0 Å². The molecule has 1 aliphatic heterocycles. The Morgan fingerprint density at radius 1 is 1.38 bits per heavy atom. The lowest BCUT2D eigenvalue weighted by Crippen LogP contribution is -2.50. The monoisotopic (exact) mass is 348 g/mol. The fourth-order valence-corrected chi connectivity index (χ4v) is 4.99. The first kappa shape index (κ1) is 19.6. The summed E-state index contributed by atoms with van der Waals surface area (Å²) in [5, 5.41) is 0.458. The summed E-state index contributed by atoms with van der Waals surface area (Å²) in [6, 6.07) is 8.82. The molecule has 0 unspecified atom stereocenters. The maximum absolute atomic E-state index is 6.29. The molecule has 1 aromatic carbocycles. The molecular weight excluding hydrogens is 316 g/mol. The third kappa shape index (κ3) is 4.87. The predicted molar refractivity (Wildman–Crippen MR) is 104 cm³/mol. The minimum atomic E-state index is -0.0590. The van der Waals surface area contributed by atoms with Gasteiger partial charge in [-0.25, -0.2) is 0 Å². The molecule has 1 saturated heterocycles. The van der Waals surface area contributed by atoms with Gasteiger partial charge in [-0.1, -0.05) is 37.1 Å². The molecule has 0 spiro atoms. The minimum Gasteiger partial charge on any atom is -0.380 e. The summed E-state index contributed by atoms with van der Waals surface area (Å²) in [6.07, 6.45) is 3.51. The first-order valence-electron chi connectivity index (χ1n) is 8.86. The topological polar surface area (TPSA) is 18.5 Å². The normalized spacial score (nSPS) is 23.0. The van der Waals surface area contributed by atoms with Crippen molar-refractivity contribution >= 4 is 11.8 Å². The lowest BCUT2D eigenvalue weighted by Gasteiger charge is -2.45. The average Bonchev–Trinajstić information content (AvgIpc) is 2.55. The van der Waals surface area contributed by atoms with Gasteiger partial charge in [-0.15, -0.1) is 18.3 Å². The Morgan fingerprint density at radius 2 is 2.04 bits per heavy atom. The Hall–Kier alpha value is -0.770. The second-order valence-corrected chi connectivity index (χ2v) is 8.92. The zero-order chi connectivity index (χ0) is 17.7. The van der Waals surface area contributed by atoms with Crippen molar-refractivity contribution in [1.29, 1.82) is 0 Å². The van der Waals surface area contributed by atoms with Crippen LogP contribution in [-0.4, -0.2) is 31.2 Å². The molecule has 0 N–H and O–H groups in total. The maximum Gasteiger partial charge on any atom is 0.0772 e. The van der Waals surface area contributed by atoms with Crippen LogP contribution >= 0.6 is 11.8 Å². The van der Waals surface area contributed by atoms with E-state index in [0.717, 1.165) is 25.0 Å². The summed E-state index contributed by atoms with van der Waals surface area (Å²) in [4.78, 5) is 1.32. The fourth-order valence-electron chi connectivity index (χ4n) is 3.51. The number of aryl methyl sites for hydroxylation is 1. The fraction of sp³-hybridized carbons (Fsp3) is 0.619. The summed E-state index contributed by atoms with van der Waals surface area (Å²) < 4.78 is 12.1. The SMILES string of the molecule is C=C(C)C[C@H](OC)C(C)(C)[C@H]1OCCC[C@@H]1Sc1ccc(C)cc1.